The fourth-order valence-corrected chi connectivity index (χ4v) is 2.00. The van der Waals surface area contributed by atoms with E-state index >= 15 is 0 Å². The van der Waals surface area contributed by atoms with Crippen LogP contribution in [0.1, 0.15) is 18.5 Å². The van der Waals surface area contributed by atoms with Crippen LogP contribution in [0.5, 0.6) is 0 Å². The molecule has 1 fully saturated rings. The summed E-state index contributed by atoms with van der Waals surface area (Å²) in [4.78, 5) is 9.37. The van der Waals surface area contributed by atoms with Crippen molar-refractivity contribution >= 4 is 29.1 Å². The van der Waals surface area contributed by atoms with Crippen LogP contribution in [0.3, 0.4) is 0 Å². The molecule has 1 aliphatic heterocycles. The van der Waals surface area contributed by atoms with Crippen LogP contribution in [-0.2, 0) is 6.18 Å². The van der Waals surface area contributed by atoms with E-state index in [0.717, 1.165) is 18.9 Å². The molecule has 1 aliphatic rings. The first-order valence-electron chi connectivity index (χ1n) is 6.10. The highest BCUT2D eigenvalue weighted by atomic mass is 32.1. The van der Waals surface area contributed by atoms with Crippen molar-refractivity contribution in [1.29, 1.82) is 0 Å². The Labute approximate surface area is 119 Å². The zero-order valence-corrected chi connectivity index (χ0v) is 11.6. The molecule has 0 spiro atoms. The van der Waals surface area contributed by atoms with Crippen molar-refractivity contribution in [3.05, 3.63) is 11.8 Å². The van der Waals surface area contributed by atoms with Crippen LogP contribution in [0, 0.1) is 0 Å². The van der Waals surface area contributed by atoms with Gasteiger partial charge in [-0.05, 0) is 25.1 Å². The summed E-state index contributed by atoms with van der Waals surface area (Å²) in [6, 6.07) is 0.971. The molecule has 1 aromatic rings. The highest BCUT2D eigenvalue weighted by molar-refractivity contribution is 7.80. The van der Waals surface area contributed by atoms with Gasteiger partial charge in [-0.2, -0.15) is 18.2 Å². The number of hydrogen-bond acceptors (Lipinski definition) is 4. The highest BCUT2D eigenvalue weighted by Crippen LogP contribution is 2.31. The summed E-state index contributed by atoms with van der Waals surface area (Å²) in [6.45, 7) is 1.40. The molecule has 5 nitrogen and oxygen atoms in total. The van der Waals surface area contributed by atoms with E-state index in [1.165, 1.54) is 0 Å². The molecule has 0 bridgehead atoms. The largest absolute Gasteiger partial charge is 0.433 e. The molecule has 0 amide bonds. The van der Waals surface area contributed by atoms with Crippen molar-refractivity contribution < 1.29 is 13.2 Å². The predicted octanol–water partition coefficient (Wildman–Crippen LogP) is 2.01. The molecule has 0 radical (unpaired) electrons. The van der Waals surface area contributed by atoms with Crippen molar-refractivity contribution in [3.63, 3.8) is 0 Å². The van der Waals surface area contributed by atoms with Crippen LogP contribution in [0.15, 0.2) is 6.07 Å². The first kappa shape index (κ1) is 14.8. The Hall–Kier alpha value is -1.64. The molecule has 2 N–H and O–H groups in total. The molecular formula is C11H14F3N5S. The number of aromatic nitrogens is 2. The summed E-state index contributed by atoms with van der Waals surface area (Å²) in [7, 11) is 1.56. The maximum Gasteiger partial charge on any atom is 0.433 e. The number of alkyl halides is 3. The lowest BCUT2D eigenvalue weighted by molar-refractivity contribution is -0.141. The van der Waals surface area contributed by atoms with Gasteiger partial charge in [0.05, 0.1) is 0 Å². The van der Waals surface area contributed by atoms with E-state index in [2.05, 4.69) is 20.6 Å². The standard InChI is InChI=1S/C11H14F3N5S/c1-15-10(20)18-9-16-7(11(12,13)14)6-8(17-9)19-4-2-3-5-19/h6H,2-5H2,1H3,(H2,15,16,17,18,20). The molecule has 110 valence electrons. The summed E-state index contributed by atoms with van der Waals surface area (Å²) >= 11 is 4.85. The Morgan fingerprint density at radius 3 is 2.50 bits per heavy atom. The quantitative estimate of drug-likeness (QED) is 0.815. The second-order valence-corrected chi connectivity index (χ2v) is 4.74. The number of halogens is 3. The Kier molecular flexibility index (Phi) is 4.26. The molecule has 2 rings (SSSR count). The molecule has 0 saturated carbocycles. The van der Waals surface area contributed by atoms with Gasteiger partial charge in [0.1, 0.15) is 5.82 Å². The van der Waals surface area contributed by atoms with Gasteiger partial charge in [0, 0.05) is 26.2 Å². The number of nitrogens with one attached hydrogen (secondary N) is 2. The number of rotatable bonds is 2. The van der Waals surface area contributed by atoms with E-state index in [9.17, 15) is 13.2 Å². The van der Waals surface area contributed by atoms with Gasteiger partial charge in [-0.15, -0.1) is 0 Å². The highest BCUT2D eigenvalue weighted by Gasteiger charge is 2.34. The molecule has 0 unspecified atom stereocenters. The van der Waals surface area contributed by atoms with Crippen LogP contribution in [0.4, 0.5) is 24.9 Å². The van der Waals surface area contributed by atoms with E-state index in [0.29, 0.717) is 13.1 Å². The molecule has 0 aromatic carbocycles. The third kappa shape index (κ3) is 3.47. The van der Waals surface area contributed by atoms with Gasteiger partial charge < -0.3 is 15.5 Å². The topological polar surface area (TPSA) is 53.1 Å². The van der Waals surface area contributed by atoms with Crippen molar-refractivity contribution in [2.75, 3.05) is 30.4 Å². The van der Waals surface area contributed by atoms with Gasteiger partial charge in [0.25, 0.3) is 0 Å². The number of anilines is 2. The van der Waals surface area contributed by atoms with Gasteiger partial charge in [-0.25, -0.2) is 4.98 Å². The van der Waals surface area contributed by atoms with Crippen LogP contribution < -0.4 is 15.5 Å². The van der Waals surface area contributed by atoms with Gasteiger partial charge in [0.15, 0.2) is 10.8 Å². The smallest absolute Gasteiger partial charge is 0.365 e. The normalized spacial score (nSPS) is 15.3. The summed E-state index contributed by atoms with van der Waals surface area (Å²) < 4.78 is 38.6. The lowest BCUT2D eigenvalue weighted by atomic mass is 10.3. The van der Waals surface area contributed by atoms with E-state index in [1.807, 2.05) is 4.90 Å². The zero-order chi connectivity index (χ0) is 14.8. The average molecular weight is 305 g/mol. The molecule has 20 heavy (non-hydrogen) atoms. The number of hydrogen-bond donors (Lipinski definition) is 2. The van der Waals surface area contributed by atoms with E-state index in [1.54, 1.807) is 7.05 Å². The van der Waals surface area contributed by atoms with Crippen molar-refractivity contribution in [2.45, 2.75) is 19.0 Å². The SMILES string of the molecule is CNC(=S)Nc1nc(N2CCCC2)cc(C(F)(F)F)n1. The van der Waals surface area contributed by atoms with E-state index < -0.39 is 11.9 Å². The first-order chi connectivity index (χ1) is 9.40. The Morgan fingerprint density at radius 1 is 1.30 bits per heavy atom. The van der Waals surface area contributed by atoms with E-state index in [-0.39, 0.29) is 16.9 Å². The Balaban J connectivity index is 2.35. The number of nitrogens with zero attached hydrogens (tertiary/aromatic N) is 3. The number of thiocarbonyl (C=S) groups is 1. The third-order valence-electron chi connectivity index (χ3n) is 2.89. The minimum absolute atomic E-state index is 0.152. The lowest BCUT2D eigenvalue weighted by Gasteiger charge is -2.19. The third-order valence-corrected chi connectivity index (χ3v) is 3.19. The summed E-state index contributed by atoms with van der Waals surface area (Å²) in [6.07, 6.45) is -2.62. The molecule has 0 aliphatic carbocycles. The van der Waals surface area contributed by atoms with Gasteiger partial charge in [0.2, 0.25) is 5.95 Å². The van der Waals surface area contributed by atoms with Gasteiger partial charge >= 0.3 is 6.18 Å². The lowest BCUT2D eigenvalue weighted by Crippen LogP contribution is -2.27. The molecule has 0 atom stereocenters. The zero-order valence-electron chi connectivity index (χ0n) is 10.8. The maximum atomic E-state index is 12.9. The molecular weight excluding hydrogens is 291 g/mol. The fourth-order valence-electron chi connectivity index (χ4n) is 1.91. The second kappa shape index (κ2) is 5.78. The van der Waals surface area contributed by atoms with Crippen LogP contribution in [0.25, 0.3) is 0 Å². The van der Waals surface area contributed by atoms with Gasteiger partial charge in [-0.1, -0.05) is 0 Å². The van der Waals surface area contributed by atoms with Crippen molar-refractivity contribution in [1.82, 2.24) is 15.3 Å². The minimum atomic E-state index is -4.52. The minimum Gasteiger partial charge on any atom is -0.365 e. The Morgan fingerprint density at radius 2 is 1.95 bits per heavy atom. The molecule has 1 saturated heterocycles. The summed E-state index contributed by atoms with van der Waals surface area (Å²) in [5, 5.41) is 5.31. The van der Waals surface area contributed by atoms with Crippen LogP contribution >= 0.6 is 12.2 Å². The molecule has 2 heterocycles. The maximum absolute atomic E-state index is 12.9. The second-order valence-electron chi connectivity index (χ2n) is 4.33. The van der Waals surface area contributed by atoms with Crippen molar-refractivity contribution in [2.24, 2.45) is 0 Å². The first-order valence-corrected chi connectivity index (χ1v) is 6.51. The summed E-state index contributed by atoms with van der Waals surface area (Å²) in [5.74, 6) is 0.118. The van der Waals surface area contributed by atoms with Crippen molar-refractivity contribution in [3.8, 4) is 0 Å². The van der Waals surface area contributed by atoms with Gasteiger partial charge in [-0.3, -0.25) is 0 Å². The monoisotopic (exact) mass is 305 g/mol. The van der Waals surface area contributed by atoms with E-state index in [4.69, 9.17) is 12.2 Å². The average Bonchev–Trinajstić information content (AvgIpc) is 2.91. The van der Waals surface area contributed by atoms with Crippen LogP contribution in [-0.4, -0.2) is 35.2 Å². The summed E-state index contributed by atoms with van der Waals surface area (Å²) in [5.41, 5.74) is -0.976. The molecule has 9 heteroatoms. The Bertz CT molecular complexity index is 499. The predicted molar refractivity (Wildman–Crippen MR) is 73.8 cm³/mol. The fraction of sp³-hybridized carbons (Fsp3) is 0.545. The van der Waals surface area contributed by atoms with Crippen LogP contribution in [0.2, 0.25) is 0 Å². The molecule has 1 aromatic heterocycles.